The van der Waals surface area contributed by atoms with Gasteiger partial charge in [-0.1, -0.05) is 35.0 Å². The monoisotopic (exact) mass is 307 g/mol. The fourth-order valence-electron chi connectivity index (χ4n) is 1.88. The highest BCUT2D eigenvalue weighted by Gasteiger charge is 2.02. The Morgan fingerprint density at radius 1 is 1.33 bits per heavy atom. The number of rotatable bonds is 6. The Bertz CT molecular complexity index is 450. The van der Waals surface area contributed by atoms with E-state index >= 15 is 0 Å². The van der Waals surface area contributed by atoms with E-state index in [1.54, 1.807) is 0 Å². The van der Waals surface area contributed by atoms with Gasteiger partial charge in [-0.2, -0.15) is 0 Å². The molecule has 3 nitrogen and oxygen atoms in total. The molecule has 0 radical (unpaired) electrons. The predicted molar refractivity (Wildman–Crippen MR) is 77.2 cm³/mol. The van der Waals surface area contributed by atoms with E-state index < -0.39 is 0 Å². The van der Waals surface area contributed by atoms with E-state index in [2.05, 4.69) is 62.0 Å². The van der Waals surface area contributed by atoms with Gasteiger partial charge in [0.1, 0.15) is 0 Å². The van der Waals surface area contributed by atoms with Crippen molar-refractivity contribution in [1.82, 2.24) is 14.9 Å². The Balaban J connectivity index is 1.70. The van der Waals surface area contributed by atoms with Gasteiger partial charge < -0.3 is 9.88 Å². The zero-order valence-corrected chi connectivity index (χ0v) is 12.1. The minimum absolute atomic E-state index is 0.592. The van der Waals surface area contributed by atoms with Crippen LogP contribution in [-0.4, -0.2) is 16.1 Å². The van der Waals surface area contributed by atoms with E-state index in [-0.39, 0.29) is 0 Å². The lowest BCUT2D eigenvalue weighted by molar-refractivity contribution is 0.445. The van der Waals surface area contributed by atoms with Crippen molar-refractivity contribution in [3.05, 3.63) is 53.0 Å². The third-order valence-corrected chi connectivity index (χ3v) is 3.35. The number of halogens is 1. The molecule has 18 heavy (non-hydrogen) atoms. The third-order valence-electron chi connectivity index (χ3n) is 2.82. The molecular weight excluding hydrogens is 290 g/mol. The highest BCUT2D eigenvalue weighted by atomic mass is 79.9. The molecule has 0 spiro atoms. The number of imidazole rings is 1. The lowest BCUT2D eigenvalue weighted by atomic mass is 10.1. The molecule has 1 heterocycles. The van der Waals surface area contributed by atoms with Gasteiger partial charge in [0, 0.05) is 30.0 Å². The fourth-order valence-corrected chi connectivity index (χ4v) is 2.15. The predicted octanol–water partition coefficient (Wildman–Crippen LogP) is 3.07. The van der Waals surface area contributed by atoms with Crippen LogP contribution in [0.3, 0.4) is 0 Å². The first kappa shape index (κ1) is 13.3. The highest BCUT2D eigenvalue weighted by Crippen LogP contribution is 2.10. The average molecular weight is 308 g/mol. The summed E-state index contributed by atoms with van der Waals surface area (Å²) in [4.78, 5) is 4.05. The maximum atomic E-state index is 4.05. The summed E-state index contributed by atoms with van der Waals surface area (Å²) in [6.45, 7) is 5.18. The first-order chi connectivity index (χ1) is 8.74. The Hall–Kier alpha value is -1.13. The zero-order valence-electron chi connectivity index (χ0n) is 10.5. The van der Waals surface area contributed by atoms with Crippen molar-refractivity contribution < 1.29 is 0 Å². The van der Waals surface area contributed by atoms with Crippen molar-refractivity contribution in [2.75, 3.05) is 6.54 Å². The molecule has 4 heteroatoms. The topological polar surface area (TPSA) is 29.9 Å². The second-order valence-electron chi connectivity index (χ2n) is 4.62. The summed E-state index contributed by atoms with van der Waals surface area (Å²) >= 11 is 3.44. The Morgan fingerprint density at radius 3 is 2.78 bits per heavy atom. The molecule has 0 aliphatic carbocycles. The quantitative estimate of drug-likeness (QED) is 0.889. The molecule has 0 saturated heterocycles. The van der Waals surface area contributed by atoms with Crippen LogP contribution < -0.4 is 5.32 Å². The van der Waals surface area contributed by atoms with Gasteiger partial charge in [0.15, 0.2) is 0 Å². The van der Waals surface area contributed by atoms with Crippen LogP contribution >= 0.6 is 15.9 Å². The minimum Gasteiger partial charge on any atom is -0.337 e. The summed E-state index contributed by atoms with van der Waals surface area (Å²) in [6.07, 6.45) is 5.69. The maximum absolute atomic E-state index is 4.05. The summed E-state index contributed by atoms with van der Waals surface area (Å²) in [5.41, 5.74) is 1.31. The molecule has 0 amide bonds. The standard InChI is InChI=1S/C14H18BrN3/c1-12(10-18-7-6-16-11-18)8-17-9-13-2-4-14(15)5-3-13/h2-7,11-12,17H,8-10H2,1H3. The number of nitrogens with zero attached hydrogens (tertiary/aromatic N) is 2. The van der Waals surface area contributed by atoms with Gasteiger partial charge >= 0.3 is 0 Å². The highest BCUT2D eigenvalue weighted by molar-refractivity contribution is 9.10. The molecule has 1 atom stereocenters. The van der Waals surface area contributed by atoms with Gasteiger partial charge in [-0.3, -0.25) is 0 Å². The third kappa shape index (κ3) is 4.27. The van der Waals surface area contributed by atoms with E-state index in [1.807, 2.05) is 18.7 Å². The largest absolute Gasteiger partial charge is 0.337 e. The number of nitrogens with one attached hydrogen (secondary N) is 1. The Kier molecular flexibility index (Phi) is 4.96. The van der Waals surface area contributed by atoms with Crippen LogP contribution in [0.4, 0.5) is 0 Å². The molecule has 1 N–H and O–H groups in total. The summed E-state index contributed by atoms with van der Waals surface area (Å²) in [5, 5.41) is 3.48. The van der Waals surface area contributed by atoms with E-state index in [4.69, 9.17) is 0 Å². The first-order valence-corrected chi connectivity index (χ1v) is 6.94. The fraction of sp³-hybridized carbons (Fsp3) is 0.357. The second kappa shape index (κ2) is 6.71. The molecule has 2 rings (SSSR count). The number of hydrogen-bond donors (Lipinski definition) is 1. The van der Waals surface area contributed by atoms with E-state index in [0.717, 1.165) is 24.1 Å². The van der Waals surface area contributed by atoms with Crippen molar-refractivity contribution in [2.45, 2.75) is 20.0 Å². The molecule has 0 aliphatic heterocycles. The lowest BCUT2D eigenvalue weighted by Crippen LogP contribution is -2.23. The SMILES string of the molecule is CC(CNCc1ccc(Br)cc1)Cn1ccnc1. The summed E-state index contributed by atoms with van der Waals surface area (Å²) < 4.78 is 3.24. The smallest absolute Gasteiger partial charge is 0.0946 e. The summed E-state index contributed by atoms with van der Waals surface area (Å²) in [5.74, 6) is 0.592. The Labute approximate surface area is 116 Å². The van der Waals surface area contributed by atoms with Crippen LogP contribution in [0.15, 0.2) is 47.5 Å². The minimum atomic E-state index is 0.592. The van der Waals surface area contributed by atoms with Gasteiger partial charge in [0.25, 0.3) is 0 Å². The van der Waals surface area contributed by atoms with E-state index in [1.165, 1.54) is 5.56 Å². The van der Waals surface area contributed by atoms with Crippen LogP contribution in [-0.2, 0) is 13.1 Å². The number of benzene rings is 1. The molecule has 0 saturated carbocycles. The maximum Gasteiger partial charge on any atom is 0.0946 e. The zero-order chi connectivity index (χ0) is 12.8. The van der Waals surface area contributed by atoms with Crippen LogP contribution in [0, 0.1) is 5.92 Å². The molecule has 1 aromatic carbocycles. The van der Waals surface area contributed by atoms with Crippen molar-refractivity contribution in [3.8, 4) is 0 Å². The van der Waals surface area contributed by atoms with Crippen LogP contribution in [0.1, 0.15) is 12.5 Å². The molecule has 96 valence electrons. The molecule has 1 aromatic heterocycles. The van der Waals surface area contributed by atoms with Crippen molar-refractivity contribution in [1.29, 1.82) is 0 Å². The van der Waals surface area contributed by atoms with Crippen LogP contribution in [0.5, 0.6) is 0 Å². The Morgan fingerprint density at radius 2 is 2.11 bits per heavy atom. The summed E-state index contributed by atoms with van der Waals surface area (Å²) in [7, 11) is 0. The number of aromatic nitrogens is 2. The van der Waals surface area contributed by atoms with E-state index in [9.17, 15) is 0 Å². The molecule has 2 aromatic rings. The normalized spacial score (nSPS) is 12.6. The van der Waals surface area contributed by atoms with Crippen LogP contribution in [0.25, 0.3) is 0 Å². The van der Waals surface area contributed by atoms with Gasteiger partial charge in [-0.05, 0) is 30.2 Å². The van der Waals surface area contributed by atoms with Gasteiger partial charge in [0.2, 0.25) is 0 Å². The first-order valence-electron chi connectivity index (χ1n) is 6.15. The van der Waals surface area contributed by atoms with Gasteiger partial charge in [0.05, 0.1) is 6.33 Å². The molecule has 0 fully saturated rings. The summed E-state index contributed by atoms with van der Waals surface area (Å²) in [6, 6.07) is 8.42. The van der Waals surface area contributed by atoms with Crippen LogP contribution in [0.2, 0.25) is 0 Å². The average Bonchev–Trinajstić information content (AvgIpc) is 2.84. The van der Waals surface area contributed by atoms with Crippen molar-refractivity contribution in [2.24, 2.45) is 5.92 Å². The molecule has 0 bridgehead atoms. The lowest BCUT2D eigenvalue weighted by Gasteiger charge is -2.13. The van der Waals surface area contributed by atoms with Crippen molar-refractivity contribution >= 4 is 15.9 Å². The molecule has 1 unspecified atom stereocenters. The van der Waals surface area contributed by atoms with Gasteiger partial charge in [-0.15, -0.1) is 0 Å². The van der Waals surface area contributed by atoms with Gasteiger partial charge in [-0.25, -0.2) is 4.98 Å². The second-order valence-corrected chi connectivity index (χ2v) is 5.54. The van der Waals surface area contributed by atoms with E-state index in [0.29, 0.717) is 5.92 Å². The van der Waals surface area contributed by atoms with Crippen molar-refractivity contribution in [3.63, 3.8) is 0 Å². The molecular formula is C14H18BrN3. The molecule has 0 aliphatic rings. The number of hydrogen-bond acceptors (Lipinski definition) is 2.